The smallest absolute Gasteiger partial charge is 0.419 e. The van der Waals surface area contributed by atoms with Gasteiger partial charge in [-0.1, -0.05) is 12.1 Å². The van der Waals surface area contributed by atoms with Crippen LogP contribution in [0.25, 0.3) is 0 Å². The fourth-order valence-corrected chi connectivity index (χ4v) is 1.88. The molecule has 1 aromatic carbocycles. The van der Waals surface area contributed by atoms with Crippen LogP contribution in [0.2, 0.25) is 0 Å². The third-order valence-electron chi connectivity index (χ3n) is 2.77. The molecule has 0 atom stereocenters. The SMILES string of the molecule is CC(=O)Oc1cc(Cc2[nH]c(=O)oc2O)ccc1COC=O. The van der Waals surface area contributed by atoms with E-state index in [1.54, 1.807) is 18.2 Å². The Morgan fingerprint density at radius 2 is 2.23 bits per heavy atom. The molecule has 0 saturated carbocycles. The van der Waals surface area contributed by atoms with Crippen molar-refractivity contribution >= 4 is 12.4 Å². The lowest BCUT2D eigenvalue weighted by molar-refractivity contribution is -0.131. The summed E-state index contributed by atoms with van der Waals surface area (Å²) in [7, 11) is 0. The molecule has 2 rings (SSSR count). The Morgan fingerprint density at radius 1 is 1.45 bits per heavy atom. The van der Waals surface area contributed by atoms with E-state index in [2.05, 4.69) is 14.1 Å². The van der Waals surface area contributed by atoms with Crippen molar-refractivity contribution in [3.63, 3.8) is 0 Å². The van der Waals surface area contributed by atoms with Crippen LogP contribution in [0.4, 0.5) is 0 Å². The van der Waals surface area contributed by atoms with Crippen LogP contribution in [-0.2, 0) is 27.4 Å². The number of oxazole rings is 1. The fourth-order valence-electron chi connectivity index (χ4n) is 1.88. The lowest BCUT2D eigenvalue weighted by Gasteiger charge is -2.10. The van der Waals surface area contributed by atoms with Crippen molar-refractivity contribution in [2.45, 2.75) is 20.0 Å². The third kappa shape index (κ3) is 3.75. The van der Waals surface area contributed by atoms with Gasteiger partial charge in [-0.05, 0) is 11.6 Å². The van der Waals surface area contributed by atoms with Crippen molar-refractivity contribution in [1.82, 2.24) is 4.98 Å². The third-order valence-corrected chi connectivity index (χ3v) is 2.77. The standard InChI is InChI=1S/C14H13NO7/c1-8(17)21-12-5-9(2-3-10(12)6-20-7-16)4-11-13(18)22-14(19)15-11/h2-3,5,7,18H,4,6H2,1H3,(H,15,19). The fraction of sp³-hybridized carbons (Fsp3) is 0.214. The first-order chi connectivity index (χ1) is 10.5. The summed E-state index contributed by atoms with van der Waals surface area (Å²) < 4.78 is 14.2. The van der Waals surface area contributed by atoms with Gasteiger partial charge in [0.2, 0.25) is 0 Å². The lowest BCUT2D eigenvalue weighted by atomic mass is 10.1. The molecule has 0 unspecified atom stereocenters. The minimum Gasteiger partial charge on any atom is -0.479 e. The number of rotatable bonds is 6. The van der Waals surface area contributed by atoms with Crippen LogP contribution >= 0.6 is 0 Å². The molecule has 0 amide bonds. The highest BCUT2D eigenvalue weighted by molar-refractivity contribution is 5.70. The zero-order valence-electron chi connectivity index (χ0n) is 11.6. The molecule has 0 spiro atoms. The van der Waals surface area contributed by atoms with E-state index in [9.17, 15) is 19.5 Å². The highest BCUT2D eigenvalue weighted by Gasteiger charge is 2.12. The van der Waals surface area contributed by atoms with Gasteiger partial charge in [-0.3, -0.25) is 14.6 Å². The number of ether oxygens (including phenoxy) is 2. The van der Waals surface area contributed by atoms with Gasteiger partial charge in [0, 0.05) is 18.9 Å². The first kappa shape index (κ1) is 15.4. The summed E-state index contributed by atoms with van der Waals surface area (Å²) in [6, 6.07) is 4.85. The van der Waals surface area contributed by atoms with E-state index >= 15 is 0 Å². The van der Waals surface area contributed by atoms with Gasteiger partial charge in [0.1, 0.15) is 18.1 Å². The van der Waals surface area contributed by atoms with Crippen LogP contribution in [-0.4, -0.2) is 22.5 Å². The summed E-state index contributed by atoms with van der Waals surface area (Å²) in [6.45, 7) is 1.50. The Morgan fingerprint density at radius 3 is 2.82 bits per heavy atom. The number of hydrogen-bond acceptors (Lipinski definition) is 7. The molecule has 22 heavy (non-hydrogen) atoms. The van der Waals surface area contributed by atoms with Crippen molar-refractivity contribution < 1.29 is 28.6 Å². The van der Waals surface area contributed by atoms with Gasteiger partial charge in [-0.2, -0.15) is 0 Å². The van der Waals surface area contributed by atoms with E-state index in [4.69, 9.17) is 4.74 Å². The van der Waals surface area contributed by atoms with Gasteiger partial charge in [0.15, 0.2) is 0 Å². The Labute approximate surface area is 124 Å². The quantitative estimate of drug-likeness (QED) is 0.461. The Kier molecular flexibility index (Phi) is 4.62. The maximum atomic E-state index is 11.1. The predicted octanol–water partition coefficient (Wildman–Crippen LogP) is 0.863. The molecule has 0 fully saturated rings. The number of benzene rings is 1. The Hall–Kier alpha value is -3.03. The second kappa shape index (κ2) is 6.61. The molecule has 2 N–H and O–H groups in total. The normalized spacial score (nSPS) is 10.2. The molecule has 0 saturated heterocycles. The van der Waals surface area contributed by atoms with E-state index in [-0.39, 0.29) is 24.5 Å². The molecule has 8 nitrogen and oxygen atoms in total. The van der Waals surface area contributed by atoms with Crippen molar-refractivity contribution in [3.8, 4) is 11.7 Å². The zero-order valence-corrected chi connectivity index (χ0v) is 11.6. The van der Waals surface area contributed by atoms with Crippen molar-refractivity contribution in [1.29, 1.82) is 0 Å². The van der Waals surface area contributed by atoms with E-state index in [1.165, 1.54) is 6.92 Å². The number of H-pyrrole nitrogens is 1. The number of nitrogens with one attached hydrogen (secondary N) is 1. The zero-order chi connectivity index (χ0) is 16.1. The highest BCUT2D eigenvalue weighted by atomic mass is 16.5. The predicted molar refractivity (Wildman–Crippen MR) is 72.4 cm³/mol. The molecule has 0 aliphatic heterocycles. The van der Waals surface area contributed by atoms with Crippen molar-refractivity contribution in [2.75, 3.05) is 0 Å². The maximum Gasteiger partial charge on any atom is 0.419 e. The van der Waals surface area contributed by atoms with Crippen molar-refractivity contribution in [3.05, 3.63) is 45.6 Å². The number of carbonyl (C=O) groups excluding carboxylic acids is 2. The summed E-state index contributed by atoms with van der Waals surface area (Å²) in [4.78, 5) is 34.7. The van der Waals surface area contributed by atoms with Crippen LogP contribution in [0.5, 0.6) is 11.7 Å². The second-order valence-electron chi connectivity index (χ2n) is 4.42. The van der Waals surface area contributed by atoms with Crippen LogP contribution in [0.1, 0.15) is 23.7 Å². The minimum absolute atomic E-state index is 0.0415. The molecule has 0 aliphatic carbocycles. The molecule has 8 heteroatoms. The van der Waals surface area contributed by atoms with E-state index in [0.717, 1.165) is 0 Å². The highest BCUT2D eigenvalue weighted by Crippen LogP contribution is 2.24. The van der Waals surface area contributed by atoms with E-state index in [1.807, 2.05) is 0 Å². The molecule has 1 heterocycles. The molecule has 1 aromatic heterocycles. The molecule has 0 aliphatic rings. The van der Waals surface area contributed by atoms with Gasteiger partial charge in [-0.25, -0.2) is 4.79 Å². The Balaban J connectivity index is 2.28. The van der Waals surface area contributed by atoms with Crippen LogP contribution in [0.3, 0.4) is 0 Å². The van der Waals surface area contributed by atoms with E-state index in [0.29, 0.717) is 17.6 Å². The molecule has 116 valence electrons. The number of aromatic amines is 1. The summed E-state index contributed by atoms with van der Waals surface area (Å²) in [5.41, 5.74) is 1.37. The lowest BCUT2D eigenvalue weighted by Crippen LogP contribution is -2.06. The van der Waals surface area contributed by atoms with Crippen LogP contribution in [0, 0.1) is 0 Å². The number of aromatic hydroxyl groups is 1. The van der Waals surface area contributed by atoms with Gasteiger partial charge < -0.3 is 19.0 Å². The van der Waals surface area contributed by atoms with Gasteiger partial charge in [-0.15, -0.1) is 0 Å². The average Bonchev–Trinajstić information content (AvgIpc) is 2.75. The first-order valence-electron chi connectivity index (χ1n) is 6.26. The summed E-state index contributed by atoms with van der Waals surface area (Å²) in [6.07, 6.45) is 0.167. The minimum atomic E-state index is -0.760. The number of esters is 1. The first-order valence-corrected chi connectivity index (χ1v) is 6.26. The number of hydrogen-bond donors (Lipinski definition) is 2. The van der Waals surface area contributed by atoms with Gasteiger partial charge >= 0.3 is 17.7 Å². The molecule has 0 bridgehead atoms. The summed E-state index contributed by atoms with van der Waals surface area (Å²) >= 11 is 0. The number of aromatic nitrogens is 1. The van der Waals surface area contributed by atoms with Crippen LogP contribution in [0.15, 0.2) is 27.4 Å². The van der Waals surface area contributed by atoms with Crippen LogP contribution < -0.4 is 10.5 Å². The summed E-state index contributed by atoms with van der Waals surface area (Å²) in [5.74, 6) is -1.54. The molecular weight excluding hydrogens is 294 g/mol. The second-order valence-corrected chi connectivity index (χ2v) is 4.42. The monoisotopic (exact) mass is 307 g/mol. The topological polar surface area (TPSA) is 119 Å². The van der Waals surface area contributed by atoms with E-state index < -0.39 is 17.7 Å². The molecular formula is C14H13NO7. The largest absolute Gasteiger partial charge is 0.479 e. The van der Waals surface area contributed by atoms with Crippen molar-refractivity contribution in [2.24, 2.45) is 0 Å². The maximum absolute atomic E-state index is 11.1. The molecule has 0 radical (unpaired) electrons. The number of carbonyl (C=O) groups is 2. The molecule has 2 aromatic rings. The summed E-state index contributed by atoms with van der Waals surface area (Å²) in [5, 5.41) is 9.44. The Bertz CT molecular complexity index is 744. The van der Waals surface area contributed by atoms with Gasteiger partial charge in [0.05, 0.1) is 0 Å². The average molecular weight is 307 g/mol. The van der Waals surface area contributed by atoms with Gasteiger partial charge in [0.25, 0.3) is 6.47 Å².